The number of aliphatic carboxylic acids is 1. The van der Waals surface area contributed by atoms with E-state index in [-0.39, 0.29) is 12.7 Å². The molecule has 0 spiro atoms. The van der Waals surface area contributed by atoms with E-state index in [2.05, 4.69) is 4.90 Å². The summed E-state index contributed by atoms with van der Waals surface area (Å²) in [6.07, 6.45) is 1.97. The van der Waals surface area contributed by atoms with Crippen molar-refractivity contribution < 1.29 is 19.7 Å². The Bertz CT molecular complexity index is 429. The van der Waals surface area contributed by atoms with Crippen LogP contribution in [0.4, 0.5) is 0 Å². The molecule has 1 aliphatic rings. The second kappa shape index (κ2) is 8.12. The number of rotatable bonds is 7. The third kappa shape index (κ3) is 4.81. The molecule has 1 atom stereocenters. The van der Waals surface area contributed by atoms with Crippen LogP contribution in [0.5, 0.6) is 0 Å². The molecule has 1 aliphatic heterocycles. The van der Waals surface area contributed by atoms with Crippen LogP contribution in [0.3, 0.4) is 0 Å². The van der Waals surface area contributed by atoms with Gasteiger partial charge in [0.1, 0.15) is 0 Å². The van der Waals surface area contributed by atoms with Gasteiger partial charge >= 0.3 is 5.97 Å². The van der Waals surface area contributed by atoms with E-state index in [9.17, 15) is 9.90 Å². The van der Waals surface area contributed by atoms with Gasteiger partial charge in [0, 0.05) is 19.6 Å². The topological polar surface area (TPSA) is 70.0 Å². The summed E-state index contributed by atoms with van der Waals surface area (Å²) in [5, 5.41) is 18.2. The number of hydrogen-bond donors (Lipinski definition) is 2. The minimum Gasteiger partial charge on any atom is -0.481 e. The maximum Gasteiger partial charge on any atom is 0.312 e. The molecule has 1 aromatic carbocycles. The van der Waals surface area contributed by atoms with Gasteiger partial charge in [0.05, 0.1) is 25.2 Å². The Balaban J connectivity index is 1.87. The Morgan fingerprint density at radius 3 is 2.52 bits per heavy atom. The van der Waals surface area contributed by atoms with Gasteiger partial charge in [-0.2, -0.15) is 0 Å². The first-order chi connectivity index (χ1) is 10.2. The van der Waals surface area contributed by atoms with E-state index in [1.165, 1.54) is 0 Å². The van der Waals surface area contributed by atoms with Gasteiger partial charge in [-0.25, -0.2) is 0 Å². The van der Waals surface area contributed by atoms with Crippen LogP contribution in [0.25, 0.3) is 0 Å². The zero-order chi connectivity index (χ0) is 15.1. The fourth-order valence-corrected chi connectivity index (χ4v) is 2.75. The molecule has 5 nitrogen and oxygen atoms in total. The Kier molecular flexibility index (Phi) is 6.17. The number of nitrogens with zero attached hydrogens (tertiary/aromatic N) is 1. The van der Waals surface area contributed by atoms with Crippen LogP contribution >= 0.6 is 0 Å². The maximum atomic E-state index is 11.5. The van der Waals surface area contributed by atoms with Crippen LogP contribution in [-0.2, 0) is 9.53 Å². The molecule has 1 fully saturated rings. The molecule has 21 heavy (non-hydrogen) atoms. The number of carboxylic acid groups (broad SMARTS) is 1. The van der Waals surface area contributed by atoms with Gasteiger partial charge in [-0.1, -0.05) is 30.3 Å². The van der Waals surface area contributed by atoms with Crippen molar-refractivity contribution in [2.75, 3.05) is 32.8 Å². The molecule has 0 aromatic heterocycles. The molecule has 1 unspecified atom stereocenters. The summed E-state index contributed by atoms with van der Waals surface area (Å²) in [6, 6.07) is 9.39. The smallest absolute Gasteiger partial charge is 0.312 e. The summed E-state index contributed by atoms with van der Waals surface area (Å²) < 4.78 is 5.52. The third-order valence-corrected chi connectivity index (χ3v) is 3.92. The molecule has 1 saturated heterocycles. The first-order valence-corrected chi connectivity index (χ1v) is 7.43. The molecule has 1 heterocycles. The van der Waals surface area contributed by atoms with Crippen molar-refractivity contribution in [1.29, 1.82) is 0 Å². The standard InChI is InChI=1S/C16H23NO4/c18-10-11-21-14-6-8-17(9-7-14)12-15(16(19)20)13-4-2-1-3-5-13/h1-5,14-15,18H,6-12H2,(H,19,20). The minimum atomic E-state index is -0.778. The van der Waals surface area contributed by atoms with Gasteiger partial charge in [0.2, 0.25) is 0 Å². The highest BCUT2D eigenvalue weighted by atomic mass is 16.5. The molecule has 116 valence electrons. The lowest BCUT2D eigenvalue weighted by molar-refractivity contribution is -0.139. The van der Waals surface area contributed by atoms with Crippen molar-refractivity contribution in [3.8, 4) is 0 Å². The quantitative estimate of drug-likeness (QED) is 0.793. The monoisotopic (exact) mass is 293 g/mol. The van der Waals surface area contributed by atoms with E-state index in [4.69, 9.17) is 9.84 Å². The van der Waals surface area contributed by atoms with Gasteiger partial charge in [0.25, 0.3) is 0 Å². The molecular weight excluding hydrogens is 270 g/mol. The molecule has 2 N–H and O–H groups in total. The number of likely N-dealkylation sites (tertiary alicyclic amines) is 1. The molecule has 0 amide bonds. The lowest BCUT2D eigenvalue weighted by Crippen LogP contribution is -2.40. The molecular formula is C16H23NO4. The zero-order valence-corrected chi connectivity index (χ0v) is 12.1. The van der Waals surface area contributed by atoms with Crippen molar-refractivity contribution in [3.05, 3.63) is 35.9 Å². The predicted octanol–water partition coefficient (Wildman–Crippen LogP) is 1.33. The highest BCUT2D eigenvalue weighted by molar-refractivity contribution is 5.76. The van der Waals surface area contributed by atoms with Gasteiger partial charge in [0.15, 0.2) is 0 Å². The Morgan fingerprint density at radius 1 is 1.29 bits per heavy atom. The van der Waals surface area contributed by atoms with Crippen molar-refractivity contribution in [1.82, 2.24) is 4.90 Å². The number of benzene rings is 1. The second-order valence-electron chi connectivity index (χ2n) is 5.40. The van der Waals surface area contributed by atoms with Crippen molar-refractivity contribution in [3.63, 3.8) is 0 Å². The first-order valence-electron chi connectivity index (χ1n) is 7.43. The Labute approximate surface area is 125 Å². The fourth-order valence-electron chi connectivity index (χ4n) is 2.75. The highest BCUT2D eigenvalue weighted by Crippen LogP contribution is 2.21. The number of aliphatic hydroxyl groups is 1. The van der Waals surface area contributed by atoms with Crippen LogP contribution in [0.1, 0.15) is 24.3 Å². The molecule has 0 aliphatic carbocycles. The molecule has 5 heteroatoms. The third-order valence-electron chi connectivity index (χ3n) is 3.92. The van der Waals surface area contributed by atoms with Crippen molar-refractivity contribution in [2.24, 2.45) is 0 Å². The Hall–Kier alpha value is -1.43. The van der Waals surface area contributed by atoms with Crippen molar-refractivity contribution >= 4 is 5.97 Å². The number of hydrogen-bond acceptors (Lipinski definition) is 4. The SMILES string of the molecule is O=C(O)C(CN1CCC(OCCO)CC1)c1ccccc1. The molecule has 0 bridgehead atoms. The summed E-state index contributed by atoms with van der Waals surface area (Å²) in [4.78, 5) is 13.7. The van der Waals surface area contributed by atoms with Crippen LogP contribution in [0, 0.1) is 0 Å². The first kappa shape index (κ1) is 15.9. The molecule has 1 aromatic rings. The number of carboxylic acids is 1. The van der Waals surface area contributed by atoms with E-state index in [1.54, 1.807) is 0 Å². The summed E-state index contributed by atoms with van der Waals surface area (Å²) >= 11 is 0. The number of ether oxygens (including phenoxy) is 1. The summed E-state index contributed by atoms with van der Waals surface area (Å²) in [5.74, 6) is -1.26. The number of piperidine rings is 1. The van der Waals surface area contributed by atoms with E-state index in [1.807, 2.05) is 30.3 Å². The zero-order valence-electron chi connectivity index (χ0n) is 12.1. The maximum absolute atomic E-state index is 11.5. The van der Waals surface area contributed by atoms with Gasteiger partial charge in [-0.15, -0.1) is 0 Å². The molecule has 0 radical (unpaired) electrons. The van der Waals surface area contributed by atoms with Crippen LogP contribution in [0.2, 0.25) is 0 Å². The largest absolute Gasteiger partial charge is 0.481 e. The lowest BCUT2D eigenvalue weighted by atomic mass is 9.97. The summed E-state index contributed by atoms with van der Waals surface area (Å²) in [7, 11) is 0. The average molecular weight is 293 g/mol. The van der Waals surface area contributed by atoms with E-state index in [0.29, 0.717) is 13.2 Å². The highest BCUT2D eigenvalue weighted by Gasteiger charge is 2.26. The normalized spacial score (nSPS) is 18.5. The number of aliphatic hydroxyl groups excluding tert-OH is 1. The van der Waals surface area contributed by atoms with Gasteiger partial charge in [-0.05, 0) is 18.4 Å². The van der Waals surface area contributed by atoms with Crippen molar-refractivity contribution in [2.45, 2.75) is 24.9 Å². The van der Waals surface area contributed by atoms with E-state index in [0.717, 1.165) is 31.5 Å². The molecule has 2 rings (SSSR count). The summed E-state index contributed by atoms with van der Waals surface area (Å²) in [5.41, 5.74) is 0.851. The lowest BCUT2D eigenvalue weighted by Gasteiger charge is -2.33. The van der Waals surface area contributed by atoms with Crippen LogP contribution in [0.15, 0.2) is 30.3 Å². The predicted molar refractivity (Wildman–Crippen MR) is 79.3 cm³/mol. The fraction of sp³-hybridized carbons (Fsp3) is 0.562. The molecule has 0 saturated carbocycles. The van der Waals surface area contributed by atoms with Gasteiger partial charge in [-0.3, -0.25) is 4.79 Å². The minimum absolute atomic E-state index is 0.0509. The van der Waals surface area contributed by atoms with Crippen LogP contribution in [-0.4, -0.2) is 60.0 Å². The van der Waals surface area contributed by atoms with Crippen LogP contribution < -0.4 is 0 Å². The average Bonchev–Trinajstić information content (AvgIpc) is 2.52. The Morgan fingerprint density at radius 2 is 1.95 bits per heavy atom. The van der Waals surface area contributed by atoms with Gasteiger partial charge < -0.3 is 19.8 Å². The van der Waals surface area contributed by atoms with E-state index >= 15 is 0 Å². The number of carbonyl (C=O) groups is 1. The second-order valence-corrected chi connectivity index (χ2v) is 5.40. The summed E-state index contributed by atoms with van der Waals surface area (Å²) in [6.45, 7) is 2.65. The van der Waals surface area contributed by atoms with E-state index < -0.39 is 11.9 Å².